The van der Waals surface area contributed by atoms with Crippen LogP contribution in [0.2, 0.25) is 0 Å². The quantitative estimate of drug-likeness (QED) is 0.500. The van der Waals surface area contributed by atoms with Crippen LogP contribution in [0, 0.1) is 0 Å². The maximum atomic E-state index is 10.5. The number of esters is 1. The first-order chi connectivity index (χ1) is 8.79. The highest BCUT2D eigenvalue weighted by molar-refractivity contribution is 5.65. The molecule has 0 saturated carbocycles. The molecule has 18 heavy (non-hydrogen) atoms. The third kappa shape index (κ3) is 7.68. The smallest absolute Gasteiger partial charge is 0.302 e. The fourth-order valence-corrected chi connectivity index (χ4v) is 1.35. The van der Waals surface area contributed by atoms with E-state index in [0.717, 1.165) is 18.6 Å². The van der Waals surface area contributed by atoms with Gasteiger partial charge in [-0.1, -0.05) is 18.2 Å². The van der Waals surface area contributed by atoms with Crippen molar-refractivity contribution >= 4 is 5.97 Å². The minimum atomic E-state index is -0.244. The zero-order valence-corrected chi connectivity index (χ0v) is 10.8. The minimum absolute atomic E-state index is 0.244. The van der Waals surface area contributed by atoms with E-state index in [2.05, 4.69) is 0 Å². The molecule has 100 valence electrons. The van der Waals surface area contributed by atoms with Crippen molar-refractivity contribution in [1.29, 1.82) is 0 Å². The van der Waals surface area contributed by atoms with Crippen LogP contribution in [0.15, 0.2) is 30.3 Å². The highest BCUT2D eigenvalue weighted by Crippen LogP contribution is 2.08. The number of hydrogen-bond donors (Lipinski definition) is 0. The summed E-state index contributed by atoms with van der Waals surface area (Å²) in [7, 11) is 0. The van der Waals surface area contributed by atoms with Crippen LogP contribution in [0.1, 0.15) is 19.8 Å². The van der Waals surface area contributed by atoms with Crippen LogP contribution in [0.5, 0.6) is 5.75 Å². The molecule has 0 unspecified atom stereocenters. The van der Waals surface area contributed by atoms with Crippen LogP contribution in [0.4, 0.5) is 0 Å². The largest absolute Gasteiger partial charge is 0.494 e. The number of benzene rings is 1. The zero-order valence-electron chi connectivity index (χ0n) is 10.8. The van der Waals surface area contributed by atoms with Gasteiger partial charge >= 0.3 is 5.97 Å². The molecule has 0 aliphatic heterocycles. The number of carbonyl (C=O) groups excluding carboxylic acids is 1. The average Bonchev–Trinajstić information content (AvgIpc) is 2.37. The second-order valence-electron chi connectivity index (χ2n) is 3.82. The van der Waals surface area contributed by atoms with Gasteiger partial charge in [0.2, 0.25) is 0 Å². The van der Waals surface area contributed by atoms with E-state index >= 15 is 0 Å². The van der Waals surface area contributed by atoms with Crippen molar-refractivity contribution in [3.8, 4) is 5.75 Å². The molecule has 4 nitrogen and oxygen atoms in total. The Balaban J connectivity index is 1.86. The lowest BCUT2D eigenvalue weighted by atomic mass is 10.3. The van der Waals surface area contributed by atoms with Crippen molar-refractivity contribution in [2.75, 3.05) is 26.4 Å². The second-order valence-corrected chi connectivity index (χ2v) is 3.82. The van der Waals surface area contributed by atoms with E-state index in [4.69, 9.17) is 14.2 Å². The summed E-state index contributed by atoms with van der Waals surface area (Å²) in [6, 6.07) is 9.71. The molecule has 0 atom stereocenters. The van der Waals surface area contributed by atoms with Gasteiger partial charge < -0.3 is 14.2 Å². The molecular weight excluding hydrogens is 232 g/mol. The third-order valence-electron chi connectivity index (χ3n) is 2.18. The first-order valence-electron chi connectivity index (χ1n) is 6.18. The minimum Gasteiger partial charge on any atom is -0.494 e. The molecule has 4 heteroatoms. The number of para-hydroxylation sites is 1. The normalized spacial score (nSPS) is 10.1. The molecule has 0 aliphatic carbocycles. The van der Waals surface area contributed by atoms with Gasteiger partial charge in [-0.2, -0.15) is 0 Å². The van der Waals surface area contributed by atoms with Crippen molar-refractivity contribution < 1.29 is 19.0 Å². The van der Waals surface area contributed by atoms with Crippen molar-refractivity contribution in [3.63, 3.8) is 0 Å². The van der Waals surface area contributed by atoms with Gasteiger partial charge in [-0.05, 0) is 12.1 Å². The number of rotatable bonds is 9. The summed E-state index contributed by atoms with van der Waals surface area (Å²) >= 11 is 0. The van der Waals surface area contributed by atoms with Gasteiger partial charge in [0.15, 0.2) is 0 Å². The summed E-state index contributed by atoms with van der Waals surface area (Å²) in [5, 5.41) is 0. The van der Waals surface area contributed by atoms with Crippen molar-refractivity contribution in [3.05, 3.63) is 30.3 Å². The van der Waals surface area contributed by atoms with E-state index < -0.39 is 0 Å². The molecule has 0 fully saturated rings. The van der Waals surface area contributed by atoms with Gasteiger partial charge in [0.25, 0.3) is 0 Å². The predicted octanol–water partition coefficient (Wildman–Crippen LogP) is 2.43. The van der Waals surface area contributed by atoms with E-state index in [1.807, 2.05) is 30.3 Å². The molecule has 0 bridgehead atoms. The number of ether oxygens (including phenoxy) is 3. The Bertz CT molecular complexity index is 324. The Morgan fingerprint density at radius 1 is 1.00 bits per heavy atom. The van der Waals surface area contributed by atoms with Gasteiger partial charge in [-0.25, -0.2) is 0 Å². The molecule has 0 radical (unpaired) electrons. The van der Waals surface area contributed by atoms with Gasteiger partial charge in [-0.15, -0.1) is 0 Å². The van der Waals surface area contributed by atoms with Crippen LogP contribution in [0.25, 0.3) is 0 Å². The monoisotopic (exact) mass is 252 g/mol. The molecule has 1 aromatic rings. The molecule has 0 heterocycles. The number of carbonyl (C=O) groups is 1. The average molecular weight is 252 g/mol. The van der Waals surface area contributed by atoms with Gasteiger partial charge in [0.05, 0.1) is 13.2 Å². The maximum Gasteiger partial charge on any atom is 0.302 e. The lowest BCUT2D eigenvalue weighted by molar-refractivity contribution is -0.141. The van der Waals surface area contributed by atoms with Crippen LogP contribution in [-0.4, -0.2) is 32.4 Å². The summed E-state index contributed by atoms with van der Waals surface area (Å²) in [5.41, 5.74) is 0. The molecule has 0 amide bonds. The lowest BCUT2D eigenvalue weighted by Crippen LogP contribution is -2.07. The first kappa shape index (κ1) is 14.5. The highest BCUT2D eigenvalue weighted by Gasteiger charge is 1.94. The summed E-state index contributed by atoms with van der Waals surface area (Å²) in [4.78, 5) is 10.5. The van der Waals surface area contributed by atoms with Crippen molar-refractivity contribution in [2.24, 2.45) is 0 Å². The fraction of sp³-hybridized carbons (Fsp3) is 0.500. The molecule has 1 rings (SSSR count). The topological polar surface area (TPSA) is 44.8 Å². The Morgan fingerprint density at radius 3 is 2.33 bits per heavy atom. The van der Waals surface area contributed by atoms with Gasteiger partial charge in [0.1, 0.15) is 5.75 Å². The Morgan fingerprint density at radius 2 is 1.67 bits per heavy atom. The number of hydrogen-bond acceptors (Lipinski definition) is 4. The summed E-state index contributed by atoms with van der Waals surface area (Å²) in [6.45, 7) is 3.75. The van der Waals surface area contributed by atoms with Gasteiger partial charge in [0, 0.05) is 33.0 Å². The van der Waals surface area contributed by atoms with E-state index in [1.165, 1.54) is 6.92 Å². The van der Waals surface area contributed by atoms with E-state index in [0.29, 0.717) is 26.4 Å². The molecule has 0 aromatic heterocycles. The van der Waals surface area contributed by atoms with E-state index in [9.17, 15) is 4.79 Å². The third-order valence-corrected chi connectivity index (χ3v) is 2.18. The first-order valence-corrected chi connectivity index (χ1v) is 6.18. The molecule has 0 aliphatic rings. The Labute approximate surface area is 108 Å². The van der Waals surface area contributed by atoms with Crippen molar-refractivity contribution in [1.82, 2.24) is 0 Å². The molecular formula is C14H20O4. The van der Waals surface area contributed by atoms with E-state index in [-0.39, 0.29) is 5.97 Å². The van der Waals surface area contributed by atoms with Gasteiger partial charge in [-0.3, -0.25) is 4.79 Å². The molecule has 0 spiro atoms. The fourth-order valence-electron chi connectivity index (χ4n) is 1.35. The molecule has 1 aromatic carbocycles. The Hall–Kier alpha value is -1.55. The standard InChI is InChI=1S/C14H20O4/c1-13(15)17-11-5-9-16-10-6-12-18-14-7-3-2-4-8-14/h2-4,7-8H,5-6,9-12H2,1H3. The highest BCUT2D eigenvalue weighted by atomic mass is 16.5. The summed E-state index contributed by atoms with van der Waals surface area (Å²) in [5.74, 6) is 0.638. The SMILES string of the molecule is CC(=O)OCCCOCCCOc1ccccc1. The predicted molar refractivity (Wildman–Crippen MR) is 68.6 cm³/mol. The van der Waals surface area contributed by atoms with Crippen molar-refractivity contribution in [2.45, 2.75) is 19.8 Å². The van der Waals surface area contributed by atoms with Crippen LogP contribution in [-0.2, 0) is 14.3 Å². The second kappa shape index (κ2) is 9.48. The molecule has 0 N–H and O–H groups in total. The van der Waals surface area contributed by atoms with Crippen LogP contribution in [0.3, 0.4) is 0 Å². The maximum absolute atomic E-state index is 10.5. The summed E-state index contributed by atoms with van der Waals surface area (Å²) < 4.78 is 15.7. The molecule has 0 saturated heterocycles. The lowest BCUT2D eigenvalue weighted by Gasteiger charge is -2.06. The van der Waals surface area contributed by atoms with Crippen LogP contribution < -0.4 is 4.74 Å². The van der Waals surface area contributed by atoms with E-state index in [1.54, 1.807) is 0 Å². The zero-order chi connectivity index (χ0) is 13.1. The Kier molecular flexibility index (Phi) is 7.64. The summed E-state index contributed by atoms with van der Waals surface area (Å²) in [6.07, 6.45) is 1.58. The van der Waals surface area contributed by atoms with Crippen LogP contribution >= 0.6 is 0 Å².